The maximum Gasteiger partial charge on any atom is 0.240 e. The van der Waals surface area contributed by atoms with E-state index in [4.69, 9.17) is 0 Å². The molecule has 0 radical (unpaired) electrons. The van der Waals surface area contributed by atoms with E-state index in [-0.39, 0.29) is 5.91 Å². The van der Waals surface area contributed by atoms with Crippen LogP contribution in [-0.4, -0.2) is 23.6 Å². The lowest BCUT2D eigenvalue weighted by molar-refractivity contribution is -0.122. The summed E-state index contributed by atoms with van der Waals surface area (Å²) in [5.41, 5.74) is 1.25. The molecule has 4 heteroatoms. The van der Waals surface area contributed by atoms with Crippen LogP contribution >= 0.6 is 0 Å². The maximum atomic E-state index is 11.9. The highest BCUT2D eigenvalue weighted by molar-refractivity contribution is 5.76. The standard InChI is InChI=1S/C15H25N3O/c1-3-14(16-2)12-8-9-18(10-12)11-15(19)17-13-6-4-5-7-13/h8-10,13-14,16H,3-7,11H2,1-2H3,(H,17,19). The third-order valence-corrected chi connectivity index (χ3v) is 3.98. The molecule has 1 aromatic heterocycles. The first-order chi connectivity index (χ1) is 9.22. The van der Waals surface area contributed by atoms with Gasteiger partial charge in [0.15, 0.2) is 0 Å². The van der Waals surface area contributed by atoms with Gasteiger partial charge in [0.2, 0.25) is 5.91 Å². The molecule has 4 nitrogen and oxygen atoms in total. The smallest absolute Gasteiger partial charge is 0.240 e. The van der Waals surface area contributed by atoms with E-state index in [0.717, 1.165) is 19.3 Å². The highest BCUT2D eigenvalue weighted by atomic mass is 16.2. The van der Waals surface area contributed by atoms with Crippen molar-refractivity contribution in [2.45, 2.75) is 57.7 Å². The Morgan fingerprint density at radius 2 is 2.21 bits per heavy atom. The zero-order valence-corrected chi connectivity index (χ0v) is 12.0. The molecule has 1 unspecified atom stereocenters. The van der Waals surface area contributed by atoms with E-state index < -0.39 is 0 Å². The van der Waals surface area contributed by atoms with Crippen LogP contribution in [-0.2, 0) is 11.3 Å². The van der Waals surface area contributed by atoms with Crippen molar-refractivity contribution in [1.82, 2.24) is 15.2 Å². The zero-order valence-electron chi connectivity index (χ0n) is 12.0. The van der Waals surface area contributed by atoms with Gasteiger partial charge in [-0.05, 0) is 37.9 Å². The third kappa shape index (κ3) is 3.83. The van der Waals surface area contributed by atoms with Gasteiger partial charge in [0, 0.05) is 24.5 Å². The Bertz CT molecular complexity index is 403. The topological polar surface area (TPSA) is 46.1 Å². The van der Waals surface area contributed by atoms with Gasteiger partial charge in [-0.25, -0.2) is 0 Å². The first-order valence-electron chi connectivity index (χ1n) is 7.35. The number of carbonyl (C=O) groups excluding carboxylic acids is 1. The van der Waals surface area contributed by atoms with Gasteiger partial charge in [-0.2, -0.15) is 0 Å². The zero-order chi connectivity index (χ0) is 13.7. The quantitative estimate of drug-likeness (QED) is 0.826. The molecule has 0 aromatic carbocycles. The molecule has 1 fully saturated rings. The van der Waals surface area contributed by atoms with Gasteiger partial charge in [-0.3, -0.25) is 4.79 Å². The number of hydrogen-bond donors (Lipinski definition) is 2. The van der Waals surface area contributed by atoms with E-state index in [0.29, 0.717) is 18.6 Å². The predicted octanol–water partition coefficient (Wildman–Crippen LogP) is 2.22. The minimum Gasteiger partial charge on any atom is -0.352 e. The van der Waals surface area contributed by atoms with E-state index in [2.05, 4.69) is 29.8 Å². The summed E-state index contributed by atoms with van der Waals surface area (Å²) in [6.45, 7) is 2.59. The van der Waals surface area contributed by atoms with Crippen molar-refractivity contribution in [3.63, 3.8) is 0 Å². The van der Waals surface area contributed by atoms with Gasteiger partial charge in [0.1, 0.15) is 6.54 Å². The molecule has 0 bridgehead atoms. The van der Waals surface area contributed by atoms with Crippen LogP contribution in [0.4, 0.5) is 0 Å². The summed E-state index contributed by atoms with van der Waals surface area (Å²) in [7, 11) is 1.97. The van der Waals surface area contributed by atoms with Crippen molar-refractivity contribution in [2.75, 3.05) is 7.05 Å². The molecule has 1 heterocycles. The summed E-state index contributed by atoms with van der Waals surface area (Å²) in [6, 6.07) is 2.87. The lowest BCUT2D eigenvalue weighted by Crippen LogP contribution is -2.34. The molecule has 0 aliphatic heterocycles. The van der Waals surface area contributed by atoms with Gasteiger partial charge in [0.25, 0.3) is 0 Å². The highest BCUT2D eigenvalue weighted by Crippen LogP contribution is 2.18. The van der Waals surface area contributed by atoms with Gasteiger partial charge in [-0.15, -0.1) is 0 Å². The van der Waals surface area contributed by atoms with Crippen LogP contribution in [0, 0.1) is 0 Å². The van der Waals surface area contributed by atoms with E-state index in [1.54, 1.807) is 0 Å². The lowest BCUT2D eigenvalue weighted by atomic mass is 10.1. The minimum absolute atomic E-state index is 0.131. The molecular weight excluding hydrogens is 238 g/mol. The molecule has 1 amide bonds. The predicted molar refractivity (Wildman–Crippen MR) is 76.9 cm³/mol. The number of hydrogen-bond acceptors (Lipinski definition) is 2. The fourth-order valence-electron chi connectivity index (χ4n) is 2.88. The van der Waals surface area contributed by atoms with Crippen LogP contribution in [0.2, 0.25) is 0 Å². The summed E-state index contributed by atoms with van der Waals surface area (Å²) < 4.78 is 1.97. The fourth-order valence-corrected chi connectivity index (χ4v) is 2.88. The van der Waals surface area contributed by atoms with Gasteiger partial charge < -0.3 is 15.2 Å². The molecule has 1 saturated carbocycles. The van der Waals surface area contributed by atoms with Crippen molar-refractivity contribution in [1.29, 1.82) is 0 Å². The Kier molecular flexibility index (Phi) is 5.02. The van der Waals surface area contributed by atoms with Crippen LogP contribution in [0.5, 0.6) is 0 Å². The van der Waals surface area contributed by atoms with Crippen molar-refractivity contribution in [3.05, 3.63) is 24.0 Å². The third-order valence-electron chi connectivity index (χ3n) is 3.98. The Morgan fingerprint density at radius 1 is 1.47 bits per heavy atom. The molecule has 1 aromatic rings. The number of nitrogens with zero attached hydrogens (tertiary/aromatic N) is 1. The Balaban J connectivity index is 1.86. The van der Waals surface area contributed by atoms with E-state index >= 15 is 0 Å². The molecule has 0 spiro atoms. The van der Waals surface area contributed by atoms with Crippen LogP contribution in [0.15, 0.2) is 18.5 Å². The Morgan fingerprint density at radius 3 is 2.84 bits per heavy atom. The molecule has 1 atom stereocenters. The van der Waals surface area contributed by atoms with E-state index in [1.807, 2.05) is 17.8 Å². The summed E-state index contributed by atoms with van der Waals surface area (Å²) in [6.07, 6.45) is 9.88. The summed E-state index contributed by atoms with van der Waals surface area (Å²) >= 11 is 0. The number of aromatic nitrogens is 1. The summed E-state index contributed by atoms with van der Waals surface area (Å²) in [4.78, 5) is 11.9. The molecule has 1 aliphatic rings. The minimum atomic E-state index is 0.131. The van der Waals surface area contributed by atoms with E-state index in [1.165, 1.54) is 18.4 Å². The second kappa shape index (κ2) is 6.75. The Hall–Kier alpha value is -1.29. The lowest BCUT2D eigenvalue weighted by Gasteiger charge is -2.13. The van der Waals surface area contributed by atoms with Gasteiger partial charge in [0.05, 0.1) is 0 Å². The maximum absolute atomic E-state index is 11.9. The summed E-state index contributed by atoms with van der Waals surface area (Å²) in [5, 5.41) is 6.40. The molecule has 2 rings (SSSR count). The number of amides is 1. The first-order valence-corrected chi connectivity index (χ1v) is 7.35. The second-order valence-corrected chi connectivity index (χ2v) is 5.42. The number of carbonyl (C=O) groups is 1. The molecule has 0 saturated heterocycles. The van der Waals surface area contributed by atoms with Crippen molar-refractivity contribution < 1.29 is 4.79 Å². The van der Waals surface area contributed by atoms with Crippen molar-refractivity contribution in [3.8, 4) is 0 Å². The van der Waals surface area contributed by atoms with Crippen LogP contribution in [0.25, 0.3) is 0 Å². The number of rotatable bonds is 6. The second-order valence-electron chi connectivity index (χ2n) is 5.42. The molecule has 106 valence electrons. The molecular formula is C15H25N3O. The monoisotopic (exact) mass is 263 g/mol. The van der Waals surface area contributed by atoms with Gasteiger partial charge >= 0.3 is 0 Å². The average molecular weight is 263 g/mol. The van der Waals surface area contributed by atoms with Crippen LogP contribution < -0.4 is 10.6 Å². The van der Waals surface area contributed by atoms with Crippen molar-refractivity contribution >= 4 is 5.91 Å². The normalized spacial score (nSPS) is 17.6. The van der Waals surface area contributed by atoms with Crippen LogP contribution in [0.3, 0.4) is 0 Å². The largest absolute Gasteiger partial charge is 0.352 e. The molecule has 1 aliphatic carbocycles. The Labute approximate surface area is 115 Å². The SMILES string of the molecule is CCC(NC)c1ccn(CC(=O)NC2CCCC2)c1. The van der Waals surface area contributed by atoms with Crippen molar-refractivity contribution in [2.24, 2.45) is 0 Å². The molecule has 19 heavy (non-hydrogen) atoms. The number of nitrogens with one attached hydrogen (secondary N) is 2. The highest BCUT2D eigenvalue weighted by Gasteiger charge is 2.17. The van der Waals surface area contributed by atoms with Crippen LogP contribution in [0.1, 0.15) is 50.6 Å². The average Bonchev–Trinajstić information content (AvgIpc) is 3.03. The first kappa shape index (κ1) is 14.1. The summed E-state index contributed by atoms with van der Waals surface area (Å²) in [5.74, 6) is 0.131. The molecule has 2 N–H and O–H groups in total. The van der Waals surface area contributed by atoms with E-state index in [9.17, 15) is 4.79 Å². The fraction of sp³-hybridized carbons (Fsp3) is 0.667. The van der Waals surface area contributed by atoms with Gasteiger partial charge in [-0.1, -0.05) is 19.8 Å².